The Morgan fingerprint density at radius 2 is 2.04 bits per heavy atom. The molecule has 1 amide bonds. The normalized spacial score (nSPS) is 16.9. The zero-order valence-corrected chi connectivity index (χ0v) is 15.9. The molecule has 1 atom stereocenters. The molecule has 0 radical (unpaired) electrons. The Kier molecular flexibility index (Phi) is 4.88. The number of carbonyl (C=O) groups is 1. The third-order valence-electron chi connectivity index (χ3n) is 4.48. The molecule has 1 saturated heterocycles. The molecule has 1 aromatic heterocycles. The summed E-state index contributed by atoms with van der Waals surface area (Å²) in [5, 5.41) is 4.03. The fourth-order valence-corrected chi connectivity index (χ4v) is 3.62. The van der Waals surface area contributed by atoms with Crippen molar-refractivity contribution < 1.29 is 13.7 Å². The molecule has 1 fully saturated rings. The minimum atomic E-state index is -0.516. The molecule has 138 valence electrons. The lowest BCUT2D eigenvalue weighted by Gasteiger charge is -2.16. The highest BCUT2D eigenvalue weighted by molar-refractivity contribution is 7.98. The van der Waals surface area contributed by atoms with Gasteiger partial charge in [0, 0.05) is 29.1 Å². The summed E-state index contributed by atoms with van der Waals surface area (Å²) < 4.78 is 18.8. The summed E-state index contributed by atoms with van der Waals surface area (Å²) in [6, 6.07) is 12.1. The number of amides is 1. The van der Waals surface area contributed by atoms with Crippen LogP contribution in [0.5, 0.6) is 0 Å². The van der Waals surface area contributed by atoms with Gasteiger partial charge in [0.15, 0.2) is 0 Å². The SMILES string of the molecule is CSc1ccc(-c2noc(C3CC(=O)N(c4ccc(F)c(Cl)c4)C3)n2)cc1. The molecule has 1 aliphatic rings. The third kappa shape index (κ3) is 3.57. The summed E-state index contributed by atoms with van der Waals surface area (Å²) in [5.41, 5.74) is 1.41. The first-order valence-electron chi connectivity index (χ1n) is 8.28. The van der Waals surface area contributed by atoms with E-state index in [-0.39, 0.29) is 23.3 Å². The van der Waals surface area contributed by atoms with Crippen molar-refractivity contribution in [1.29, 1.82) is 0 Å². The van der Waals surface area contributed by atoms with Crippen LogP contribution in [-0.2, 0) is 4.79 Å². The number of benzene rings is 2. The average molecular weight is 404 g/mol. The number of rotatable bonds is 4. The van der Waals surface area contributed by atoms with E-state index in [2.05, 4.69) is 10.1 Å². The van der Waals surface area contributed by atoms with Crippen molar-refractivity contribution >= 4 is 35.0 Å². The molecule has 4 rings (SSSR count). The molecule has 0 aliphatic carbocycles. The van der Waals surface area contributed by atoms with Gasteiger partial charge in [0.2, 0.25) is 17.6 Å². The average Bonchev–Trinajstić information content (AvgIpc) is 3.31. The summed E-state index contributed by atoms with van der Waals surface area (Å²) >= 11 is 7.49. The van der Waals surface area contributed by atoms with Gasteiger partial charge in [-0.25, -0.2) is 4.39 Å². The Morgan fingerprint density at radius 1 is 1.26 bits per heavy atom. The Bertz CT molecular complexity index is 993. The van der Waals surface area contributed by atoms with Gasteiger partial charge in [-0.3, -0.25) is 4.79 Å². The number of anilines is 1. The van der Waals surface area contributed by atoms with Crippen LogP contribution in [0.2, 0.25) is 5.02 Å². The highest BCUT2D eigenvalue weighted by Crippen LogP contribution is 2.33. The molecule has 0 bridgehead atoms. The molecule has 27 heavy (non-hydrogen) atoms. The maximum Gasteiger partial charge on any atom is 0.232 e. The van der Waals surface area contributed by atoms with Gasteiger partial charge in [-0.2, -0.15) is 4.98 Å². The lowest BCUT2D eigenvalue weighted by Crippen LogP contribution is -2.24. The fourth-order valence-electron chi connectivity index (χ4n) is 3.03. The van der Waals surface area contributed by atoms with Gasteiger partial charge < -0.3 is 9.42 Å². The Morgan fingerprint density at radius 3 is 2.74 bits per heavy atom. The summed E-state index contributed by atoms with van der Waals surface area (Å²) in [7, 11) is 0. The van der Waals surface area contributed by atoms with Crippen molar-refractivity contribution in [1.82, 2.24) is 10.1 Å². The highest BCUT2D eigenvalue weighted by Gasteiger charge is 2.35. The molecule has 0 spiro atoms. The predicted octanol–water partition coefficient (Wildman–Crippen LogP) is 4.77. The van der Waals surface area contributed by atoms with Gasteiger partial charge in [-0.15, -0.1) is 11.8 Å². The van der Waals surface area contributed by atoms with E-state index >= 15 is 0 Å². The van der Waals surface area contributed by atoms with Crippen LogP contribution < -0.4 is 4.90 Å². The van der Waals surface area contributed by atoms with E-state index in [0.29, 0.717) is 23.9 Å². The Hall–Kier alpha value is -2.38. The number of hydrogen-bond acceptors (Lipinski definition) is 5. The largest absolute Gasteiger partial charge is 0.339 e. The van der Waals surface area contributed by atoms with Crippen LogP contribution in [0.3, 0.4) is 0 Å². The van der Waals surface area contributed by atoms with Crippen molar-refractivity contribution in [3.8, 4) is 11.4 Å². The summed E-state index contributed by atoms with van der Waals surface area (Å²) in [6.45, 7) is 0.383. The smallest absolute Gasteiger partial charge is 0.232 e. The van der Waals surface area contributed by atoms with E-state index in [9.17, 15) is 9.18 Å². The molecule has 2 aromatic carbocycles. The lowest BCUT2D eigenvalue weighted by atomic mass is 10.1. The highest BCUT2D eigenvalue weighted by atomic mass is 35.5. The first kappa shape index (κ1) is 18.0. The molecule has 2 heterocycles. The van der Waals surface area contributed by atoms with Crippen LogP contribution in [-0.4, -0.2) is 28.8 Å². The quantitative estimate of drug-likeness (QED) is 0.587. The minimum absolute atomic E-state index is 0.0162. The van der Waals surface area contributed by atoms with Crippen molar-refractivity contribution in [2.45, 2.75) is 17.2 Å². The molecule has 5 nitrogen and oxygen atoms in total. The molecule has 1 unspecified atom stereocenters. The van der Waals surface area contributed by atoms with Crippen LogP contribution in [0.1, 0.15) is 18.2 Å². The van der Waals surface area contributed by atoms with Crippen LogP contribution in [0.4, 0.5) is 10.1 Å². The van der Waals surface area contributed by atoms with Crippen molar-refractivity contribution in [3.05, 3.63) is 59.2 Å². The number of hydrogen-bond donors (Lipinski definition) is 0. The van der Waals surface area contributed by atoms with E-state index in [1.165, 1.54) is 18.2 Å². The zero-order valence-electron chi connectivity index (χ0n) is 14.4. The Balaban J connectivity index is 1.53. The summed E-state index contributed by atoms with van der Waals surface area (Å²) in [5.74, 6) is 0.0915. The van der Waals surface area contributed by atoms with E-state index in [0.717, 1.165) is 10.5 Å². The van der Waals surface area contributed by atoms with Gasteiger partial charge in [-0.05, 0) is 48.7 Å². The molecule has 8 heteroatoms. The Labute approximate surface area is 164 Å². The predicted molar refractivity (Wildman–Crippen MR) is 103 cm³/mol. The first-order valence-corrected chi connectivity index (χ1v) is 9.89. The number of halogens is 2. The van der Waals surface area contributed by atoms with Crippen LogP contribution >= 0.6 is 23.4 Å². The van der Waals surface area contributed by atoms with Gasteiger partial charge >= 0.3 is 0 Å². The molecule has 0 saturated carbocycles. The topological polar surface area (TPSA) is 59.2 Å². The number of thioether (sulfide) groups is 1. The number of carbonyl (C=O) groups excluding carboxylic acids is 1. The van der Waals surface area contributed by atoms with Crippen molar-refractivity contribution in [3.63, 3.8) is 0 Å². The minimum Gasteiger partial charge on any atom is -0.339 e. The maximum absolute atomic E-state index is 13.4. The summed E-state index contributed by atoms with van der Waals surface area (Å²) in [4.78, 5) is 19.6. The van der Waals surface area contributed by atoms with Crippen LogP contribution in [0.25, 0.3) is 11.4 Å². The standard InChI is InChI=1S/C19H15ClFN3O2S/c1-27-14-5-2-11(3-6-14)18-22-19(26-23-18)12-8-17(25)24(10-12)13-4-7-16(21)15(20)9-13/h2-7,9,12H,8,10H2,1H3. The van der Waals surface area contributed by atoms with Gasteiger partial charge in [0.05, 0.1) is 10.9 Å². The van der Waals surface area contributed by atoms with E-state index in [1.54, 1.807) is 16.7 Å². The second-order valence-corrected chi connectivity index (χ2v) is 7.48. The third-order valence-corrected chi connectivity index (χ3v) is 5.51. The van der Waals surface area contributed by atoms with Crippen LogP contribution in [0, 0.1) is 5.82 Å². The van der Waals surface area contributed by atoms with Gasteiger partial charge in [0.1, 0.15) is 5.82 Å². The first-order chi connectivity index (χ1) is 13.0. The van der Waals surface area contributed by atoms with Crippen molar-refractivity contribution in [2.24, 2.45) is 0 Å². The van der Waals surface area contributed by atoms with E-state index < -0.39 is 5.82 Å². The van der Waals surface area contributed by atoms with Gasteiger partial charge in [-0.1, -0.05) is 16.8 Å². The zero-order chi connectivity index (χ0) is 19.0. The van der Waals surface area contributed by atoms with E-state index in [1.807, 2.05) is 30.5 Å². The summed E-state index contributed by atoms with van der Waals surface area (Å²) in [6.07, 6.45) is 2.26. The maximum atomic E-state index is 13.4. The lowest BCUT2D eigenvalue weighted by molar-refractivity contribution is -0.117. The fraction of sp³-hybridized carbons (Fsp3) is 0.211. The monoisotopic (exact) mass is 403 g/mol. The van der Waals surface area contributed by atoms with Crippen LogP contribution in [0.15, 0.2) is 51.9 Å². The molecule has 1 aliphatic heterocycles. The van der Waals surface area contributed by atoms with E-state index in [4.69, 9.17) is 16.1 Å². The van der Waals surface area contributed by atoms with Crippen molar-refractivity contribution in [2.75, 3.05) is 17.7 Å². The number of aromatic nitrogens is 2. The second-order valence-electron chi connectivity index (χ2n) is 6.19. The van der Waals surface area contributed by atoms with Gasteiger partial charge in [0.25, 0.3) is 0 Å². The molecular formula is C19H15ClFN3O2S. The molecular weight excluding hydrogens is 389 g/mol. The molecule has 3 aromatic rings. The number of nitrogens with zero attached hydrogens (tertiary/aromatic N) is 3. The molecule has 0 N–H and O–H groups in total. The second kappa shape index (κ2) is 7.32.